The Hall–Kier alpha value is -2.67. The van der Waals surface area contributed by atoms with Crippen LogP contribution in [0.3, 0.4) is 0 Å². The maximum absolute atomic E-state index is 12.8. The molecule has 1 fully saturated rings. The van der Waals surface area contributed by atoms with Gasteiger partial charge in [-0.1, -0.05) is 12.5 Å². The lowest BCUT2D eigenvalue weighted by Crippen LogP contribution is -2.38. The van der Waals surface area contributed by atoms with E-state index in [-0.39, 0.29) is 11.9 Å². The van der Waals surface area contributed by atoms with Crippen molar-refractivity contribution in [2.24, 2.45) is 0 Å². The molecule has 0 saturated carbocycles. The minimum Gasteiger partial charge on any atom is -0.493 e. The van der Waals surface area contributed by atoms with Gasteiger partial charge in [0, 0.05) is 31.3 Å². The van der Waals surface area contributed by atoms with Crippen LogP contribution in [-0.4, -0.2) is 48.1 Å². The van der Waals surface area contributed by atoms with Gasteiger partial charge < -0.3 is 19.7 Å². The fraction of sp³-hybridized carbons (Fsp3) is 0.500. The van der Waals surface area contributed by atoms with Crippen LogP contribution in [0, 0.1) is 0 Å². The molecule has 154 valence electrons. The minimum atomic E-state index is 0.0980. The molecule has 1 atom stereocenters. The number of piperidine rings is 1. The summed E-state index contributed by atoms with van der Waals surface area (Å²) in [5.74, 6) is 2.30. The highest BCUT2D eigenvalue weighted by Crippen LogP contribution is 2.28. The van der Waals surface area contributed by atoms with Crippen molar-refractivity contribution in [1.29, 1.82) is 0 Å². The van der Waals surface area contributed by atoms with Gasteiger partial charge in [-0.2, -0.15) is 0 Å². The van der Waals surface area contributed by atoms with Crippen LogP contribution in [0.25, 0.3) is 0 Å². The number of aromatic nitrogens is 2. The predicted octanol–water partition coefficient (Wildman–Crippen LogP) is 2.44. The zero-order valence-electron chi connectivity index (χ0n) is 17.1. The largest absolute Gasteiger partial charge is 0.493 e. The number of benzene rings is 1. The third kappa shape index (κ3) is 4.34. The Morgan fingerprint density at radius 2 is 2.10 bits per heavy atom. The molecule has 1 aromatic carbocycles. The lowest BCUT2D eigenvalue weighted by molar-refractivity contribution is -0.131. The van der Waals surface area contributed by atoms with Crippen molar-refractivity contribution in [3.05, 3.63) is 47.0 Å². The molecule has 7 heteroatoms. The summed E-state index contributed by atoms with van der Waals surface area (Å²) in [4.78, 5) is 24.1. The minimum absolute atomic E-state index is 0.0980. The molecule has 1 amide bonds. The van der Waals surface area contributed by atoms with E-state index in [2.05, 4.69) is 10.3 Å². The third-order valence-electron chi connectivity index (χ3n) is 5.73. The van der Waals surface area contributed by atoms with Crippen molar-refractivity contribution in [2.75, 3.05) is 27.3 Å². The van der Waals surface area contributed by atoms with Gasteiger partial charge in [-0.15, -0.1) is 0 Å². The average Bonchev–Trinajstić information content (AvgIpc) is 2.78. The molecular weight excluding hydrogens is 368 g/mol. The first kappa shape index (κ1) is 19.6. The Kier molecular flexibility index (Phi) is 5.94. The molecule has 29 heavy (non-hydrogen) atoms. The zero-order valence-corrected chi connectivity index (χ0v) is 17.1. The number of ether oxygens (including phenoxy) is 2. The van der Waals surface area contributed by atoms with Gasteiger partial charge in [0.2, 0.25) is 5.91 Å². The van der Waals surface area contributed by atoms with E-state index < -0.39 is 0 Å². The highest BCUT2D eigenvalue weighted by Gasteiger charge is 2.25. The number of nitrogens with one attached hydrogen (secondary N) is 1. The van der Waals surface area contributed by atoms with E-state index in [1.807, 2.05) is 29.3 Å². The molecule has 1 saturated heterocycles. The van der Waals surface area contributed by atoms with Crippen molar-refractivity contribution < 1.29 is 14.3 Å². The maximum Gasteiger partial charge on any atom is 0.227 e. The third-order valence-corrected chi connectivity index (χ3v) is 5.73. The van der Waals surface area contributed by atoms with E-state index in [9.17, 15) is 4.79 Å². The Labute approximate surface area is 171 Å². The van der Waals surface area contributed by atoms with E-state index in [4.69, 9.17) is 14.5 Å². The van der Waals surface area contributed by atoms with Gasteiger partial charge in [-0.25, -0.2) is 9.97 Å². The van der Waals surface area contributed by atoms with Gasteiger partial charge in [-0.05, 0) is 37.1 Å². The van der Waals surface area contributed by atoms with Crippen LogP contribution in [0.2, 0.25) is 0 Å². The number of nitrogens with zero attached hydrogens (tertiary/aromatic N) is 3. The van der Waals surface area contributed by atoms with E-state index >= 15 is 0 Å². The van der Waals surface area contributed by atoms with Crippen molar-refractivity contribution >= 4 is 5.91 Å². The quantitative estimate of drug-likeness (QED) is 0.837. The molecule has 0 aliphatic carbocycles. The second kappa shape index (κ2) is 8.78. The first-order valence-corrected chi connectivity index (χ1v) is 10.2. The summed E-state index contributed by atoms with van der Waals surface area (Å²) >= 11 is 0. The van der Waals surface area contributed by atoms with Gasteiger partial charge in [0.15, 0.2) is 11.5 Å². The van der Waals surface area contributed by atoms with Crippen molar-refractivity contribution in [3.63, 3.8) is 0 Å². The molecule has 1 aromatic heterocycles. The van der Waals surface area contributed by atoms with Gasteiger partial charge >= 0.3 is 0 Å². The molecule has 4 rings (SSSR count). The summed E-state index contributed by atoms with van der Waals surface area (Å²) in [6.07, 6.45) is 6.55. The van der Waals surface area contributed by atoms with Crippen LogP contribution < -0.4 is 14.8 Å². The highest BCUT2D eigenvalue weighted by atomic mass is 16.5. The van der Waals surface area contributed by atoms with Gasteiger partial charge in [0.1, 0.15) is 5.82 Å². The number of carbonyl (C=O) groups excluding carboxylic acids is 1. The van der Waals surface area contributed by atoms with Crippen LogP contribution in [0.5, 0.6) is 11.5 Å². The van der Waals surface area contributed by atoms with Crippen LogP contribution in [0.1, 0.15) is 47.9 Å². The van der Waals surface area contributed by atoms with Crippen molar-refractivity contribution in [2.45, 2.75) is 44.7 Å². The molecule has 0 bridgehead atoms. The van der Waals surface area contributed by atoms with Gasteiger partial charge in [-0.3, -0.25) is 4.79 Å². The average molecular weight is 396 g/mol. The predicted molar refractivity (Wildman–Crippen MR) is 109 cm³/mol. The summed E-state index contributed by atoms with van der Waals surface area (Å²) in [5, 5.41) is 3.51. The lowest BCUT2D eigenvalue weighted by Gasteiger charge is -2.29. The number of fused-ring (bicyclic) bond motifs is 1. The molecule has 2 aliphatic heterocycles. The topological polar surface area (TPSA) is 76.6 Å². The first-order valence-electron chi connectivity index (χ1n) is 10.2. The van der Waals surface area contributed by atoms with Crippen molar-refractivity contribution in [3.8, 4) is 11.5 Å². The Bertz CT molecular complexity index is 880. The number of amides is 1. The molecular formula is C22H28N4O3. The fourth-order valence-electron chi connectivity index (χ4n) is 4.06. The molecule has 2 aromatic rings. The lowest BCUT2D eigenvalue weighted by atomic mass is 10.0. The van der Waals surface area contributed by atoms with E-state index in [1.165, 1.54) is 12.8 Å². The summed E-state index contributed by atoms with van der Waals surface area (Å²) in [5.41, 5.74) is 3.04. The molecule has 1 N–H and O–H groups in total. The van der Waals surface area contributed by atoms with Crippen molar-refractivity contribution in [1.82, 2.24) is 20.2 Å². The number of hydrogen-bond acceptors (Lipinski definition) is 6. The smallest absolute Gasteiger partial charge is 0.227 e. The zero-order chi connectivity index (χ0) is 20.2. The Morgan fingerprint density at radius 1 is 1.24 bits per heavy atom. The van der Waals surface area contributed by atoms with Crippen LogP contribution in [0.4, 0.5) is 0 Å². The highest BCUT2D eigenvalue weighted by molar-refractivity contribution is 5.79. The monoisotopic (exact) mass is 396 g/mol. The molecule has 0 spiro atoms. The Morgan fingerprint density at radius 3 is 2.86 bits per heavy atom. The van der Waals surface area contributed by atoms with E-state index in [0.717, 1.165) is 42.0 Å². The van der Waals surface area contributed by atoms with E-state index in [0.29, 0.717) is 31.0 Å². The maximum atomic E-state index is 12.8. The normalized spacial score (nSPS) is 18.8. The van der Waals surface area contributed by atoms with Gasteiger partial charge in [0.05, 0.1) is 32.4 Å². The standard InChI is InChI=1S/C22H28N4O3/c1-28-19-7-6-15(11-20(19)29-2)12-21(27)26-10-8-17-16(14-26)13-24-22(25-17)18-5-3-4-9-23-18/h6-7,11,13,18,23H,3-5,8-10,12,14H2,1-2H3/t18-/m1/s1. The van der Waals surface area contributed by atoms with Crippen LogP contribution >= 0.6 is 0 Å². The van der Waals surface area contributed by atoms with Gasteiger partial charge in [0.25, 0.3) is 0 Å². The fourth-order valence-corrected chi connectivity index (χ4v) is 4.06. The molecule has 3 heterocycles. The summed E-state index contributed by atoms with van der Waals surface area (Å²) < 4.78 is 10.6. The summed E-state index contributed by atoms with van der Waals surface area (Å²) in [6, 6.07) is 5.87. The molecule has 0 radical (unpaired) electrons. The molecule has 0 unspecified atom stereocenters. The Balaban J connectivity index is 1.42. The van der Waals surface area contributed by atoms with Crippen LogP contribution in [0.15, 0.2) is 24.4 Å². The van der Waals surface area contributed by atoms with E-state index in [1.54, 1.807) is 14.2 Å². The molecule has 7 nitrogen and oxygen atoms in total. The number of hydrogen-bond donors (Lipinski definition) is 1. The number of rotatable bonds is 5. The SMILES string of the molecule is COc1ccc(CC(=O)N2CCc3nc([C@H]4CCCCN4)ncc3C2)cc1OC. The molecule has 2 aliphatic rings. The second-order valence-electron chi connectivity index (χ2n) is 7.63. The number of methoxy groups -OCH3 is 2. The summed E-state index contributed by atoms with van der Waals surface area (Å²) in [6.45, 7) is 2.29. The van der Waals surface area contributed by atoms with Crippen LogP contribution in [-0.2, 0) is 24.2 Å². The second-order valence-corrected chi connectivity index (χ2v) is 7.63. The summed E-state index contributed by atoms with van der Waals surface area (Å²) in [7, 11) is 3.20. The number of carbonyl (C=O) groups is 1. The first-order chi connectivity index (χ1) is 14.2.